The fraction of sp³-hybridized carbons (Fsp3) is 0.562. The molecule has 0 aliphatic carbocycles. The van der Waals surface area contributed by atoms with Gasteiger partial charge in [-0.05, 0) is 37.7 Å². The van der Waals surface area contributed by atoms with Crippen LogP contribution in [0.25, 0.3) is 0 Å². The smallest absolute Gasteiger partial charge is 0.209 e. The summed E-state index contributed by atoms with van der Waals surface area (Å²) < 4.78 is 0. The van der Waals surface area contributed by atoms with Gasteiger partial charge in [-0.1, -0.05) is 44.7 Å². The van der Waals surface area contributed by atoms with Crippen LogP contribution < -0.4 is 0 Å². The molecule has 102 valence electrons. The summed E-state index contributed by atoms with van der Waals surface area (Å²) in [6, 6.07) is 0. The first kappa shape index (κ1) is 16.7. The summed E-state index contributed by atoms with van der Waals surface area (Å²) in [5.74, 6) is 0. The molecule has 1 aliphatic heterocycles. The highest BCUT2D eigenvalue weighted by Crippen LogP contribution is 2.05. The molecule has 0 aromatic carbocycles. The molecular weight excluding hydrogens is 222 g/mol. The van der Waals surface area contributed by atoms with Gasteiger partial charge in [0, 0.05) is 13.1 Å². The lowest BCUT2D eigenvalue weighted by molar-refractivity contribution is -0.118. The Labute approximate surface area is 112 Å². The van der Waals surface area contributed by atoms with E-state index in [1.54, 1.807) is 0 Å². The summed E-state index contributed by atoms with van der Waals surface area (Å²) in [4.78, 5) is 11.9. The zero-order valence-electron chi connectivity index (χ0n) is 11.9. The third-order valence-electron chi connectivity index (χ3n) is 2.85. The van der Waals surface area contributed by atoms with Gasteiger partial charge >= 0.3 is 0 Å². The number of carbonyl (C=O) groups is 1. The number of rotatable bonds is 5. The van der Waals surface area contributed by atoms with Crippen molar-refractivity contribution >= 4 is 6.41 Å². The molecule has 1 fully saturated rings. The van der Waals surface area contributed by atoms with Gasteiger partial charge in [-0.15, -0.1) is 0 Å². The number of likely N-dealkylation sites (tertiary alicyclic amines) is 1. The van der Waals surface area contributed by atoms with Crippen molar-refractivity contribution < 1.29 is 4.79 Å². The summed E-state index contributed by atoms with van der Waals surface area (Å²) >= 11 is 0. The van der Waals surface area contributed by atoms with Crippen LogP contribution in [0, 0.1) is 0 Å². The molecule has 1 saturated heterocycles. The van der Waals surface area contributed by atoms with Gasteiger partial charge in [0.05, 0.1) is 0 Å². The molecular formula is C16H27NO. The van der Waals surface area contributed by atoms with E-state index in [2.05, 4.69) is 32.6 Å². The molecule has 2 nitrogen and oxygen atoms in total. The number of piperidine rings is 1. The lowest BCUT2D eigenvalue weighted by Crippen LogP contribution is -2.27. The summed E-state index contributed by atoms with van der Waals surface area (Å²) in [6.07, 6.45) is 15.0. The Hall–Kier alpha value is -1.31. The molecule has 0 aromatic rings. The molecule has 0 N–H and O–H groups in total. The number of amides is 1. The fourth-order valence-electron chi connectivity index (χ4n) is 1.74. The van der Waals surface area contributed by atoms with Crippen LogP contribution in [-0.4, -0.2) is 24.4 Å². The van der Waals surface area contributed by atoms with Crippen LogP contribution in [-0.2, 0) is 4.79 Å². The zero-order valence-corrected chi connectivity index (χ0v) is 11.9. The van der Waals surface area contributed by atoms with Gasteiger partial charge < -0.3 is 4.90 Å². The predicted molar refractivity (Wildman–Crippen MR) is 79.5 cm³/mol. The minimum Gasteiger partial charge on any atom is -0.345 e. The Morgan fingerprint density at radius 1 is 1.22 bits per heavy atom. The fourth-order valence-corrected chi connectivity index (χ4v) is 1.74. The Morgan fingerprint density at radius 2 is 1.89 bits per heavy atom. The normalized spacial score (nSPS) is 16.1. The van der Waals surface area contributed by atoms with Crippen molar-refractivity contribution in [2.75, 3.05) is 13.1 Å². The van der Waals surface area contributed by atoms with E-state index in [4.69, 9.17) is 0 Å². The second-order valence-corrected chi connectivity index (χ2v) is 4.34. The molecule has 0 radical (unpaired) electrons. The summed E-state index contributed by atoms with van der Waals surface area (Å²) in [5, 5.41) is 0. The van der Waals surface area contributed by atoms with Gasteiger partial charge in [0.1, 0.15) is 0 Å². The quantitative estimate of drug-likeness (QED) is 0.530. The van der Waals surface area contributed by atoms with Crippen LogP contribution in [0.3, 0.4) is 0 Å². The van der Waals surface area contributed by atoms with E-state index in [1.807, 2.05) is 17.1 Å². The molecule has 0 bridgehead atoms. The first-order chi connectivity index (χ1) is 8.78. The standard InChI is InChI=1S/C10H16.C6H11NO/c1-4-7-9-10(6-3)8-5-2;8-6-7-4-2-1-3-5-7/h5,7-9H,2,4,6H2,1,3H3;6H,1-5H2/b9-7-,10-8-;. The average Bonchev–Trinajstić information content (AvgIpc) is 2.45. The maximum absolute atomic E-state index is 10.1. The Balaban J connectivity index is 0.000000327. The summed E-state index contributed by atoms with van der Waals surface area (Å²) in [6.45, 7) is 9.88. The van der Waals surface area contributed by atoms with Crippen LogP contribution in [0.15, 0.2) is 36.5 Å². The van der Waals surface area contributed by atoms with Crippen LogP contribution in [0.4, 0.5) is 0 Å². The highest BCUT2D eigenvalue weighted by Gasteiger charge is 2.05. The van der Waals surface area contributed by atoms with Crippen LogP contribution in [0.1, 0.15) is 46.0 Å². The highest BCUT2D eigenvalue weighted by molar-refractivity contribution is 5.46. The molecule has 0 spiro atoms. The Morgan fingerprint density at radius 3 is 2.28 bits per heavy atom. The number of nitrogens with zero attached hydrogens (tertiary/aromatic N) is 1. The molecule has 0 atom stereocenters. The average molecular weight is 249 g/mol. The predicted octanol–water partition coefficient (Wildman–Crippen LogP) is 4.10. The zero-order chi connectivity index (χ0) is 13.6. The highest BCUT2D eigenvalue weighted by atomic mass is 16.1. The van der Waals surface area contributed by atoms with Gasteiger partial charge in [-0.3, -0.25) is 4.79 Å². The molecule has 0 aromatic heterocycles. The van der Waals surface area contributed by atoms with E-state index < -0.39 is 0 Å². The van der Waals surface area contributed by atoms with Gasteiger partial charge in [0.2, 0.25) is 6.41 Å². The van der Waals surface area contributed by atoms with E-state index in [0.717, 1.165) is 32.3 Å². The lowest BCUT2D eigenvalue weighted by atomic mass is 10.1. The third-order valence-corrected chi connectivity index (χ3v) is 2.85. The van der Waals surface area contributed by atoms with Crippen molar-refractivity contribution in [1.29, 1.82) is 0 Å². The Bertz CT molecular complexity index is 273. The summed E-state index contributed by atoms with van der Waals surface area (Å²) in [5.41, 5.74) is 1.34. The minimum absolute atomic E-state index is 0.944. The van der Waals surface area contributed by atoms with Gasteiger partial charge in [-0.25, -0.2) is 0 Å². The monoisotopic (exact) mass is 249 g/mol. The number of hydrogen-bond donors (Lipinski definition) is 0. The first-order valence-electron chi connectivity index (χ1n) is 6.95. The van der Waals surface area contributed by atoms with Crippen molar-refractivity contribution in [3.05, 3.63) is 36.5 Å². The SMILES string of the molecule is C=C/C=C(\C=C/CC)CC.O=CN1CCCCC1. The number of allylic oxidation sites excluding steroid dienone is 5. The molecule has 0 saturated carbocycles. The topological polar surface area (TPSA) is 20.3 Å². The molecule has 2 heteroatoms. The maximum Gasteiger partial charge on any atom is 0.209 e. The minimum atomic E-state index is 0.944. The van der Waals surface area contributed by atoms with E-state index in [-0.39, 0.29) is 0 Å². The van der Waals surface area contributed by atoms with Crippen molar-refractivity contribution in [1.82, 2.24) is 4.90 Å². The molecule has 1 amide bonds. The van der Waals surface area contributed by atoms with Crippen molar-refractivity contribution in [2.24, 2.45) is 0 Å². The van der Waals surface area contributed by atoms with Crippen LogP contribution >= 0.6 is 0 Å². The largest absolute Gasteiger partial charge is 0.345 e. The van der Waals surface area contributed by atoms with E-state index in [0.29, 0.717) is 0 Å². The van der Waals surface area contributed by atoms with Crippen molar-refractivity contribution in [3.8, 4) is 0 Å². The Kier molecular flexibility index (Phi) is 11.3. The molecule has 18 heavy (non-hydrogen) atoms. The first-order valence-corrected chi connectivity index (χ1v) is 6.95. The van der Waals surface area contributed by atoms with E-state index in [1.165, 1.54) is 24.8 Å². The third kappa shape index (κ3) is 8.80. The second kappa shape index (κ2) is 12.2. The molecule has 1 heterocycles. The van der Waals surface area contributed by atoms with Gasteiger partial charge in [-0.2, -0.15) is 0 Å². The molecule has 1 aliphatic rings. The van der Waals surface area contributed by atoms with Crippen molar-refractivity contribution in [2.45, 2.75) is 46.0 Å². The van der Waals surface area contributed by atoms with E-state index in [9.17, 15) is 4.79 Å². The maximum atomic E-state index is 10.1. The molecule has 0 unspecified atom stereocenters. The second-order valence-electron chi connectivity index (χ2n) is 4.34. The summed E-state index contributed by atoms with van der Waals surface area (Å²) in [7, 11) is 0. The van der Waals surface area contributed by atoms with Gasteiger partial charge in [0.15, 0.2) is 0 Å². The molecule has 1 rings (SSSR count). The lowest BCUT2D eigenvalue weighted by Gasteiger charge is -2.21. The van der Waals surface area contributed by atoms with Gasteiger partial charge in [0.25, 0.3) is 0 Å². The van der Waals surface area contributed by atoms with Crippen molar-refractivity contribution in [3.63, 3.8) is 0 Å². The van der Waals surface area contributed by atoms with Crippen LogP contribution in [0.5, 0.6) is 0 Å². The number of hydrogen-bond acceptors (Lipinski definition) is 1. The number of carbonyl (C=O) groups excluding carboxylic acids is 1. The van der Waals surface area contributed by atoms with E-state index >= 15 is 0 Å². The van der Waals surface area contributed by atoms with Crippen LogP contribution in [0.2, 0.25) is 0 Å².